The molecule has 1 saturated heterocycles. The van der Waals surface area contributed by atoms with E-state index in [0.29, 0.717) is 0 Å². The van der Waals surface area contributed by atoms with Crippen LogP contribution in [-0.2, 0) is 0 Å². The molecule has 1 atom stereocenters. The van der Waals surface area contributed by atoms with E-state index in [-0.39, 0.29) is 0 Å². The molecule has 2 heteroatoms. The Morgan fingerprint density at radius 1 is 0.900 bits per heavy atom. The highest BCUT2D eigenvalue weighted by molar-refractivity contribution is 9.09. The summed E-state index contributed by atoms with van der Waals surface area (Å²) in [5, 5.41) is 1.18. The van der Waals surface area contributed by atoms with Gasteiger partial charge in [-0.25, -0.2) is 0 Å². The minimum absolute atomic E-state index is 1.03. The predicted octanol–water partition coefficient (Wildman–Crippen LogP) is 6.01. The molecule has 1 fully saturated rings. The first-order chi connectivity index (χ1) is 9.86. The van der Waals surface area contributed by atoms with Crippen molar-refractivity contribution in [3.63, 3.8) is 0 Å². The van der Waals surface area contributed by atoms with Gasteiger partial charge in [-0.15, -0.1) is 0 Å². The van der Waals surface area contributed by atoms with Crippen molar-refractivity contribution >= 4 is 15.9 Å². The van der Waals surface area contributed by atoms with Gasteiger partial charge in [0.2, 0.25) is 0 Å². The van der Waals surface area contributed by atoms with Gasteiger partial charge in [0.25, 0.3) is 0 Å². The van der Waals surface area contributed by atoms with E-state index in [1.165, 1.54) is 102 Å². The monoisotopic (exact) mass is 345 g/mol. The molecule has 0 amide bonds. The Morgan fingerprint density at radius 3 is 2.30 bits per heavy atom. The van der Waals surface area contributed by atoms with E-state index in [1.807, 2.05) is 0 Å². The van der Waals surface area contributed by atoms with Gasteiger partial charge in [-0.05, 0) is 57.7 Å². The number of alkyl halides is 1. The van der Waals surface area contributed by atoms with Crippen LogP contribution in [-0.4, -0.2) is 29.9 Å². The molecule has 1 aliphatic rings. The largest absolute Gasteiger partial charge is 0.303 e. The SMILES string of the molecule is CCCC1CCCN(CCCCCCCCCBr)CC1. The average Bonchev–Trinajstić information content (AvgIpc) is 2.68. The molecule has 0 N–H and O–H groups in total. The van der Waals surface area contributed by atoms with Crippen molar-refractivity contribution in [3.05, 3.63) is 0 Å². The molecule has 0 saturated carbocycles. The topological polar surface area (TPSA) is 3.24 Å². The van der Waals surface area contributed by atoms with Crippen LogP contribution < -0.4 is 0 Å². The number of nitrogens with zero attached hydrogens (tertiary/aromatic N) is 1. The number of halogens is 1. The van der Waals surface area contributed by atoms with Gasteiger partial charge >= 0.3 is 0 Å². The Balaban J connectivity index is 1.94. The number of unbranched alkanes of at least 4 members (excludes halogenated alkanes) is 6. The van der Waals surface area contributed by atoms with Crippen LogP contribution in [0.5, 0.6) is 0 Å². The summed E-state index contributed by atoms with van der Waals surface area (Å²) in [4.78, 5) is 2.74. The maximum atomic E-state index is 3.50. The lowest BCUT2D eigenvalue weighted by Crippen LogP contribution is -2.26. The summed E-state index contributed by atoms with van der Waals surface area (Å²) < 4.78 is 0. The third-order valence-electron chi connectivity index (χ3n) is 4.75. The molecule has 20 heavy (non-hydrogen) atoms. The second kappa shape index (κ2) is 13.1. The first-order valence-electron chi connectivity index (χ1n) is 9.15. The van der Waals surface area contributed by atoms with Gasteiger partial charge in [0, 0.05) is 5.33 Å². The zero-order valence-corrected chi connectivity index (χ0v) is 15.3. The number of hydrogen-bond acceptors (Lipinski definition) is 1. The average molecular weight is 346 g/mol. The molecule has 0 bridgehead atoms. The van der Waals surface area contributed by atoms with Gasteiger partial charge in [-0.1, -0.05) is 67.8 Å². The quantitative estimate of drug-likeness (QED) is 0.327. The lowest BCUT2D eigenvalue weighted by atomic mass is 9.96. The summed E-state index contributed by atoms with van der Waals surface area (Å²) in [6.45, 7) is 6.43. The van der Waals surface area contributed by atoms with Gasteiger partial charge in [-0.3, -0.25) is 0 Å². The van der Waals surface area contributed by atoms with Crippen molar-refractivity contribution in [2.45, 2.75) is 84.0 Å². The molecule has 0 radical (unpaired) electrons. The van der Waals surface area contributed by atoms with Crippen molar-refractivity contribution in [2.75, 3.05) is 25.0 Å². The minimum atomic E-state index is 1.03. The smallest absolute Gasteiger partial charge is 0.00313 e. The first-order valence-corrected chi connectivity index (χ1v) is 10.3. The van der Waals surface area contributed by atoms with Crippen LogP contribution in [0, 0.1) is 5.92 Å². The summed E-state index contributed by atoms with van der Waals surface area (Å²) in [7, 11) is 0. The van der Waals surface area contributed by atoms with Gasteiger partial charge in [0.1, 0.15) is 0 Å². The molecular formula is C18H36BrN. The Hall–Kier alpha value is 0.440. The van der Waals surface area contributed by atoms with Crippen molar-refractivity contribution < 1.29 is 0 Å². The molecule has 1 aliphatic heterocycles. The highest BCUT2D eigenvalue weighted by atomic mass is 79.9. The van der Waals surface area contributed by atoms with Gasteiger partial charge in [0.15, 0.2) is 0 Å². The highest BCUT2D eigenvalue weighted by Crippen LogP contribution is 2.22. The molecule has 120 valence electrons. The number of hydrogen-bond donors (Lipinski definition) is 0. The summed E-state index contributed by atoms with van der Waals surface area (Å²) in [6, 6.07) is 0. The van der Waals surface area contributed by atoms with Crippen LogP contribution in [0.2, 0.25) is 0 Å². The van der Waals surface area contributed by atoms with E-state index < -0.39 is 0 Å². The minimum Gasteiger partial charge on any atom is -0.303 e. The first kappa shape index (κ1) is 18.5. The maximum Gasteiger partial charge on any atom is 0.00313 e. The van der Waals surface area contributed by atoms with Crippen molar-refractivity contribution in [1.82, 2.24) is 4.90 Å². The fourth-order valence-electron chi connectivity index (χ4n) is 3.46. The molecule has 0 aliphatic carbocycles. The summed E-state index contributed by atoms with van der Waals surface area (Å²) >= 11 is 3.50. The number of likely N-dealkylation sites (tertiary alicyclic amines) is 1. The van der Waals surface area contributed by atoms with E-state index in [4.69, 9.17) is 0 Å². The molecule has 0 aromatic heterocycles. The van der Waals surface area contributed by atoms with Gasteiger partial charge in [-0.2, -0.15) is 0 Å². The van der Waals surface area contributed by atoms with Crippen LogP contribution in [0.4, 0.5) is 0 Å². The Morgan fingerprint density at radius 2 is 1.60 bits per heavy atom. The fraction of sp³-hybridized carbons (Fsp3) is 1.00. The Bertz CT molecular complexity index is 208. The van der Waals surface area contributed by atoms with Gasteiger partial charge in [0.05, 0.1) is 0 Å². The Labute approximate surface area is 136 Å². The second-order valence-corrected chi connectivity index (χ2v) is 7.38. The van der Waals surface area contributed by atoms with Crippen molar-refractivity contribution in [3.8, 4) is 0 Å². The molecular weight excluding hydrogens is 310 g/mol. The summed E-state index contributed by atoms with van der Waals surface area (Å²) in [6.07, 6.45) is 17.2. The van der Waals surface area contributed by atoms with Crippen LogP contribution in [0.3, 0.4) is 0 Å². The van der Waals surface area contributed by atoms with Crippen LogP contribution in [0.25, 0.3) is 0 Å². The molecule has 1 heterocycles. The highest BCUT2D eigenvalue weighted by Gasteiger charge is 2.15. The van der Waals surface area contributed by atoms with E-state index in [2.05, 4.69) is 27.8 Å². The van der Waals surface area contributed by atoms with Crippen LogP contribution >= 0.6 is 15.9 Å². The van der Waals surface area contributed by atoms with Gasteiger partial charge < -0.3 is 4.90 Å². The third kappa shape index (κ3) is 9.39. The zero-order chi connectivity index (χ0) is 14.5. The van der Waals surface area contributed by atoms with Crippen LogP contribution in [0.15, 0.2) is 0 Å². The molecule has 1 unspecified atom stereocenters. The zero-order valence-electron chi connectivity index (χ0n) is 13.7. The summed E-state index contributed by atoms with van der Waals surface area (Å²) in [5.74, 6) is 1.03. The molecule has 0 aromatic rings. The molecule has 1 nitrogen and oxygen atoms in total. The second-order valence-electron chi connectivity index (χ2n) is 6.59. The molecule has 0 spiro atoms. The normalized spacial score (nSPS) is 21.0. The van der Waals surface area contributed by atoms with E-state index in [9.17, 15) is 0 Å². The van der Waals surface area contributed by atoms with E-state index in [1.54, 1.807) is 0 Å². The summed E-state index contributed by atoms with van der Waals surface area (Å²) in [5.41, 5.74) is 0. The van der Waals surface area contributed by atoms with Crippen LogP contribution in [0.1, 0.15) is 84.0 Å². The van der Waals surface area contributed by atoms with E-state index in [0.717, 1.165) is 5.92 Å². The van der Waals surface area contributed by atoms with E-state index >= 15 is 0 Å². The predicted molar refractivity (Wildman–Crippen MR) is 94.8 cm³/mol. The standard InChI is InChI=1S/C18H36BrN/c1-2-11-18-12-10-16-20(17-13-18)15-9-7-5-3-4-6-8-14-19/h18H,2-17H2,1H3. The van der Waals surface area contributed by atoms with Crippen molar-refractivity contribution in [1.29, 1.82) is 0 Å². The fourth-order valence-corrected chi connectivity index (χ4v) is 3.86. The lowest BCUT2D eigenvalue weighted by molar-refractivity contribution is 0.272. The lowest BCUT2D eigenvalue weighted by Gasteiger charge is -2.20. The molecule has 1 rings (SSSR count). The number of rotatable bonds is 11. The molecule has 0 aromatic carbocycles. The maximum absolute atomic E-state index is 3.50. The van der Waals surface area contributed by atoms with Crippen molar-refractivity contribution in [2.24, 2.45) is 5.92 Å². The Kier molecular flexibility index (Phi) is 12.1. The third-order valence-corrected chi connectivity index (χ3v) is 5.31.